The van der Waals surface area contributed by atoms with Gasteiger partial charge in [-0.1, -0.05) is 97.6 Å². The number of likely N-dealkylation sites (tertiary alicyclic amines) is 1. The number of hydrogen-bond donors (Lipinski definition) is 1. The zero-order valence-corrected chi connectivity index (χ0v) is 21.5. The van der Waals surface area contributed by atoms with Crippen LogP contribution in [0.25, 0.3) is 0 Å². The molecule has 3 unspecified atom stereocenters. The lowest BCUT2D eigenvalue weighted by atomic mass is 9.98. The summed E-state index contributed by atoms with van der Waals surface area (Å²) < 4.78 is 8.85. The lowest BCUT2D eigenvalue weighted by molar-refractivity contribution is -0.165. The van der Waals surface area contributed by atoms with Crippen LogP contribution in [-0.2, 0) is 25.5 Å². The number of rotatable bonds is 11. The molecule has 4 rings (SSSR count). The van der Waals surface area contributed by atoms with Gasteiger partial charge >= 0.3 is 5.97 Å². The van der Waals surface area contributed by atoms with Crippen molar-refractivity contribution in [2.45, 2.75) is 36.9 Å². The van der Waals surface area contributed by atoms with Crippen LogP contribution in [0.4, 0.5) is 0 Å². The third-order valence-electron chi connectivity index (χ3n) is 6.16. The summed E-state index contributed by atoms with van der Waals surface area (Å²) >= 11 is 0.572. The van der Waals surface area contributed by atoms with Crippen LogP contribution in [0.1, 0.15) is 29.7 Å². The Hall–Kier alpha value is -4.24. The molecule has 1 aliphatic heterocycles. The zero-order chi connectivity index (χ0) is 27.1. The van der Waals surface area contributed by atoms with Gasteiger partial charge in [-0.05, 0) is 29.2 Å². The van der Waals surface area contributed by atoms with E-state index in [1.807, 2.05) is 78.9 Å². The standard InChI is InChI=1S/C29H27N3O5S/c1-19(2)25(29(35)37-26(21-14-8-4-9-15-21)22-16-10-5-11-17-22)32-27(34)24(28(32)38-31-36)30-23(33)18-20-12-6-3-7-13-20/h3-17,24-26,28H,1,18H2,2H3,(H,30,33). The van der Waals surface area contributed by atoms with Crippen molar-refractivity contribution >= 4 is 29.7 Å². The fraction of sp³-hybridized carbons (Fsp3) is 0.207. The molecular formula is C29H27N3O5S. The van der Waals surface area contributed by atoms with E-state index in [-0.39, 0.29) is 12.3 Å². The molecule has 0 aliphatic carbocycles. The Kier molecular flexibility index (Phi) is 8.70. The summed E-state index contributed by atoms with van der Waals surface area (Å²) in [5, 5.41) is 1.78. The average molecular weight is 530 g/mol. The number of β-lactam (4-membered cyclic amide) rings is 1. The second-order valence-electron chi connectivity index (χ2n) is 8.91. The van der Waals surface area contributed by atoms with Gasteiger partial charge in [0.05, 0.1) is 6.42 Å². The van der Waals surface area contributed by atoms with Gasteiger partial charge in [0.15, 0.2) is 12.1 Å². The van der Waals surface area contributed by atoms with Crippen LogP contribution >= 0.6 is 11.9 Å². The molecule has 3 aromatic rings. The second-order valence-corrected chi connectivity index (χ2v) is 9.75. The van der Waals surface area contributed by atoms with Crippen molar-refractivity contribution < 1.29 is 19.1 Å². The largest absolute Gasteiger partial charge is 0.451 e. The van der Waals surface area contributed by atoms with E-state index in [4.69, 9.17) is 4.74 Å². The van der Waals surface area contributed by atoms with Gasteiger partial charge < -0.3 is 15.0 Å². The van der Waals surface area contributed by atoms with Gasteiger partial charge in [0.25, 0.3) is 0 Å². The van der Waals surface area contributed by atoms with Crippen LogP contribution in [0, 0.1) is 4.91 Å². The Morgan fingerprint density at radius 1 is 0.974 bits per heavy atom. The molecule has 3 atom stereocenters. The van der Waals surface area contributed by atoms with Gasteiger partial charge in [-0.2, -0.15) is 0 Å². The van der Waals surface area contributed by atoms with Crippen LogP contribution < -0.4 is 5.32 Å². The highest BCUT2D eigenvalue weighted by Gasteiger charge is 2.54. The number of hydrogen-bond acceptors (Lipinski definition) is 7. The number of ether oxygens (including phenoxy) is 1. The molecule has 194 valence electrons. The fourth-order valence-electron chi connectivity index (χ4n) is 4.37. The Morgan fingerprint density at radius 3 is 2.00 bits per heavy atom. The molecule has 0 aromatic heterocycles. The third-order valence-corrected chi connectivity index (χ3v) is 6.96. The highest BCUT2D eigenvalue weighted by atomic mass is 32.2. The number of esters is 1. The highest BCUT2D eigenvalue weighted by molar-refractivity contribution is 7.98. The molecular weight excluding hydrogens is 502 g/mol. The number of nitrogens with zero attached hydrogens (tertiary/aromatic N) is 2. The Balaban J connectivity index is 1.53. The van der Waals surface area contributed by atoms with Gasteiger partial charge in [-0.25, -0.2) is 4.79 Å². The molecule has 3 aromatic carbocycles. The minimum absolute atomic E-state index is 0.0678. The van der Waals surface area contributed by atoms with E-state index in [1.54, 1.807) is 19.1 Å². The van der Waals surface area contributed by atoms with Gasteiger partial charge in [0.2, 0.25) is 11.8 Å². The first-order valence-electron chi connectivity index (χ1n) is 12.0. The van der Waals surface area contributed by atoms with Gasteiger partial charge in [0.1, 0.15) is 11.4 Å². The minimum Gasteiger partial charge on any atom is -0.451 e. The van der Waals surface area contributed by atoms with Crippen LogP contribution in [0.5, 0.6) is 0 Å². The van der Waals surface area contributed by atoms with Crippen molar-refractivity contribution in [2.24, 2.45) is 4.58 Å². The molecule has 1 saturated heterocycles. The number of amides is 2. The van der Waals surface area contributed by atoms with Gasteiger partial charge in [-0.15, -0.1) is 4.91 Å². The number of nitroso groups, excluding NO2 is 1. The van der Waals surface area contributed by atoms with E-state index in [0.29, 0.717) is 17.5 Å². The summed E-state index contributed by atoms with van der Waals surface area (Å²) in [6, 6.07) is 25.4. The van der Waals surface area contributed by atoms with Crippen molar-refractivity contribution in [1.82, 2.24) is 10.2 Å². The number of nitrogens with one attached hydrogen (secondary N) is 1. The zero-order valence-electron chi connectivity index (χ0n) is 20.7. The minimum atomic E-state index is -1.17. The molecule has 1 heterocycles. The topological polar surface area (TPSA) is 105 Å². The molecule has 9 heteroatoms. The van der Waals surface area contributed by atoms with E-state index in [9.17, 15) is 19.3 Å². The summed E-state index contributed by atoms with van der Waals surface area (Å²) in [5.41, 5.74) is 2.65. The van der Waals surface area contributed by atoms with Crippen LogP contribution in [0.2, 0.25) is 0 Å². The number of benzene rings is 3. The van der Waals surface area contributed by atoms with E-state index in [1.165, 1.54) is 4.90 Å². The third kappa shape index (κ3) is 6.00. The van der Waals surface area contributed by atoms with Gasteiger partial charge in [-0.3, -0.25) is 9.59 Å². The molecule has 1 N–H and O–H groups in total. The number of carbonyl (C=O) groups excluding carboxylic acids is 3. The SMILES string of the molecule is C=C(C)C(C(=O)OC(c1ccccc1)c1ccccc1)N1C(=O)C(NC(=O)Cc2ccccc2)C1SN=O. The molecule has 1 fully saturated rings. The van der Waals surface area contributed by atoms with Crippen molar-refractivity contribution in [3.63, 3.8) is 0 Å². The maximum atomic E-state index is 13.6. The van der Waals surface area contributed by atoms with E-state index in [0.717, 1.165) is 16.7 Å². The second kappa shape index (κ2) is 12.3. The maximum Gasteiger partial charge on any atom is 0.334 e. The summed E-state index contributed by atoms with van der Waals surface area (Å²) in [4.78, 5) is 51.8. The first kappa shape index (κ1) is 26.8. The predicted octanol–water partition coefficient (Wildman–Crippen LogP) is 4.57. The predicted molar refractivity (Wildman–Crippen MR) is 146 cm³/mol. The first-order valence-corrected chi connectivity index (χ1v) is 12.8. The fourth-order valence-corrected chi connectivity index (χ4v) is 5.09. The van der Waals surface area contributed by atoms with Crippen molar-refractivity contribution in [3.8, 4) is 0 Å². The van der Waals surface area contributed by atoms with Crippen molar-refractivity contribution in [2.75, 3.05) is 0 Å². The Bertz CT molecular complexity index is 1260. The van der Waals surface area contributed by atoms with Crippen LogP contribution in [0.3, 0.4) is 0 Å². The average Bonchev–Trinajstić information content (AvgIpc) is 2.93. The van der Waals surface area contributed by atoms with Crippen molar-refractivity contribution in [1.29, 1.82) is 0 Å². The molecule has 1 aliphatic rings. The molecule has 0 radical (unpaired) electrons. The summed E-state index contributed by atoms with van der Waals surface area (Å²) in [6.07, 6.45) is -0.655. The summed E-state index contributed by atoms with van der Waals surface area (Å²) in [5.74, 6) is -1.60. The summed E-state index contributed by atoms with van der Waals surface area (Å²) in [7, 11) is 0. The normalized spacial score (nSPS) is 17.3. The van der Waals surface area contributed by atoms with E-state index >= 15 is 0 Å². The van der Waals surface area contributed by atoms with E-state index < -0.39 is 35.4 Å². The monoisotopic (exact) mass is 529 g/mol. The van der Waals surface area contributed by atoms with Crippen molar-refractivity contribution in [3.05, 3.63) is 125 Å². The summed E-state index contributed by atoms with van der Waals surface area (Å²) in [6.45, 7) is 5.51. The van der Waals surface area contributed by atoms with Crippen LogP contribution in [0.15, 0.2) is 108 Å². The quantitative estimate of drug-likeness (QED) is 0.128. The Morgan fingerprint density at radius 2 is 1.50 bits per heavy atom. The lowest BCUT2D eigenvalue weighted by Gasteiger charge is -2.48. The molecule has 2 amide bonds. The molecule has 0 saturated carbocycles. The molecule has 8 nitrogen and oxygen atoms in total. The lowest BCUT2D eigenvalue weighted by Crippen LogP contribution is -2.73. The molecule has 0 bridgehead atoms. The van der Waals surface area contributed by atoms with Crippen LogP contribution in [-0.4, -0.2) is 40.1 Å². The first-order chi connectivity index (χ1) is 18.4. The smallest absolute Gasteiger partial charge is 0.334 e. The van der Waals surface area contributed by atoms with Gasteiger partial charge in [0, 0.05) is 16.5 Å². The maximum absolute atomic E-state index is 13.6. The molecule has 38 heavy (non-hydrogen) atoms. The van der Waals surface area contributed by atoms with E-state index in [2.05, 4.69) is 16.5 Å². The Labute approximate surface area is 225 Å². The highest BCUT2D eigenvalue weighted by Crippen LogP contribution is 2.36. The number of carbonyl (C=O) groups is 3. The molecule has 0 spiro atoms.